The summed E-state index contributed by atoms with van der Waals surface area (Å²) in [6.45, 7) is 0. The van der Waals surface area contributed by atoms with Gasteiger partial charge in [-0.15, -0.1) is 0 Å². The summed E-state index contributed by atoms with van der Waals surface area (Å²) in [5.41, 5.74) is 0.545. The monoisotopic (exact) mass is 255 g/mol. The van der Waals surface area contributed by atoms with Gasteiger partial charge in [0.2, 0.25) is 5.95 Å². The van der Waals surface area contributed by atoms with Crippen LogP contribution in [0.2, 0.25) is 0 Å². The van der Waals surface area contributed by atoms with Gasteiger partial charge in [0.25, 0.3) is 6.43 Å². The van der Waals surface area contributed by atoms with E-state index in [1.54, 1.807) is 6.07 Å². The number of alkyl halides is 2. The van der Waals surface area contributed by atoms with Crippen LogP contribution in [-0.4, -0.2) is 4.98 Å². The molecule has 2 rings (SSSR count). The van der Waals surface area contributed by atoms with Crippen LogP contribution in [0.15, 0.2) is 36.5 Å². The molecule has 1 aromatic heterocycles. The highest BCUT2D eigenvalue weighted by molar-refractivity contribution is 5.30. The summed E-state index contributed by atoms with van der Waals surface area (Å²) in [5, 5.41) is 0. The number of pyridine rings is 1. The van der Waals surface area contributed by atoms with Crippen molar-refractivity contribution in [3.8, 4) is 0 Å². The highest BCUT2D eigenvalue weighted by Crippen LogP contribution is 2.22. The van der Waals surface area contributed by atoms with E-state index in [0.29, 0.717) is 11.1 Å². The van der Waals surface area contributed by atoms with Crippen LogP contribution in [0.3, 0.4) is 0 Å². The lowest BCUT2D eigenvalue weighted by Crippen LogP contribution is -1.95. The number of aromatic nitrogens is 1. The van der Waals surface area contributed by atoms with Crippen molar-refractivity contribution in [1.82, 2.24) is 4.98 Å². The summed E-state index contributed by atoms with van der Waals surface area (Å²) in [4.78, 5) is 3.38. The minimum absolute atomic E-state index is 0.178. The zero-order valence-corrected chi connectivity index (χ0v) is 9.21. The average molecular weight is 255 g/mol. The normalized spacial score (nSPS) is 10.9. The van der Waals surface area contributed by atoms with Crippen molar-refractivity contribution in [2.45, 2.75) is 12.8 Å². The molecule has 0 N–H and O–H groups in total. The fourth-order valence-corrected chi connectivity index (χ4v) is 1.69. The first-order chi connectivity index (χ1) is 8.54. The number of halogens is 4. The Bertz CT molecular complexity index is 554. The molecular formula is C13H9F4N. The second-order valence-electron chi connectivity index (χ2n) is 3.86. The topological polar surface area (TPSA) is 12.9 Å². The van der Waals surface area contributed by atoms with E-state index in [-0.39, 0.29) is 12.0 Å². The SMILES string of the molecule is Fc1cc(Cc2ccnc(F)c2)cc(C(F)F)c1. The van der Waals surface area contributed by atoms with Crippen molar-refractivity contribution < 1.29 is 17.6 Å². The maximum absolute atomic E-state index is 13.2. The molecule has 18 heavy (non-hydrogen) atoms. The van der Waals surface area contributed by atoms with Gasteiger partial charge in [0.05, 0.1) is 0 Å². The van der Waals surface area contributed by atoms with Gasteiger partial charge in [-0.05, 0) is 47.9 Å². The van der Waals surface area contributed by atoms with Crippen molar-refractivity contribution in [3.63, 3.8) is 0 Å². The minimum atomic E-state index is -2.73. The Balaban J connectivity index is 2.29. The summed E-state index contributed by atoms with van der Waals surface area (Å²) in [6.07, 6.45) is -1.27. The number of nitrogens with zero attached hydrogens (tertiary/aromatic N) is 1. The Morgan fingerprint density at radius 1 is 1.00 bits per heavy atom. The van der Waals surface area contributed by atoms with E-state index in [0.717, 1.165) is 12.1 Å². The molecule has 1 nitrogen and oxygen atoms in total. The van der Waals surface area contributed by atoms with Crippen molar-refractivity contribution in [2.24, 2.45) is 0 Å². The largest absolute Gasteiger partial charge is 0.263 e. The predicted molar refractivity (Wildman–Crippen MR) is 58.4 cm³/mol. The third-order valence-corrected chi connectivity index (χ3v) is 2.43. The van der Waals surface area contributed by atoms with E-state index >= 15 is 0 Å². The molecule has 5 heteroatoms. The fraction of sp³-hybridized carbons (Fsp3) is 0.154. The molecule has 0 fully saturated rings. The smallest absolute Gasteiger partial charge is 0.228 e. The molecule has 2 aromatic rings. The van der Waals surface area contributed by atoms with Crippen LogP contribution in [0, 0.1) is 11.8 Å². The Hall–Kier alpha value is -1.91. The molecule has 1 aromatic carbocycles. The molecule has 0 amide bonds. The minimum Gasteiger partial charge on any atom is -0.228 e. The van der Waals surface area contributed by atoms with Gasteiger partial charge in [0.1, 0.15) is 5.82 Å². The van der Waals surface area contributed by atoms with Crippen molar-refractivity contribution in [3.05, 3.63) is 65.0 Å². The molecule has 1 heterocycles. The Morgan fingerprint density at radius 2 is 1.78 bits per heavy atom. The van der Waals surface area contributed by atoms with Gasteiger partial charge in [0, 0.05) is 11.8 Å². The van der Waals surface area contributed by atoms with E-state index in [1.165, 1.54) is 18.3 Å². The molecule has 0 aliphatic heterocycles. The van der Waals surface area contributed by atoms with Gasteiger partial charge in [-0.3, -0.25) is 0 Å². The molecule has 0 spiro atoms. The van der Waals surface area contributed by atoms with Crippen molar-refractivity contribution in [2.75, 3.05) is 0 Å². The fourth-order valence-electron chi connectivity index (χ4n) is 1.69. The summed E-state index contributed by atoms with van der Waals surface area (Å²) in [5.74, 6) is -1.38. The van der Waals surface area contributed by atoms with Crippen LogP contribution in [0.25, 0.3) is 0 Å². The van der Waals surface area contributed by atoms with Gasteiger partial charge in [-0.1, -0.05) is 0 Å². The highest BCUT2D eigenvalue weighted by Gasteiger charge is 2.10. The second kappa shape index (κ2) is 5.16. The lowest BCUT2D eigenvalue weighted by Gasteiger charge is -2.06. The van der Waals surface area contributed by atoms with Crippen LogP contribution in [0.4, 0.5) is 17.6 Å². The molecule has 0 radical (unpaired) electrons. The zero-order chi connectivity index (χ0) is 13.1. The molecule has 0 saturated carbocycles. The van der Waals surface area contributed by atoms with Crippen LogP contribution in [-0.2, 0) is 6.42 Å². The van der Waals surface area contributed by atoms with E-state index in [4.69, 9.17) is 0 Å². The van der Waals surface area contributed by atoms with Crippen LogP contribution in [0.5, 0.6) is 0 Å². The van der Waals surface area contributed by atoms with E-state index in [2.05, 4.69) is 4.98 Å². The lowest BCUT2D eigenvalue weighted by atomic mass is 10.0. The zero-order valence-electron chi connectivity index (χ0n) is 9.21. The van der Waals surface area contributed by atoms with Crippen LogP contribution >= 0.6 is 0 Å². The first kappa shape index (κ1) is 12.5. The highest BCUT2D eigenvalue weighted by atomic mass is 19.3. The Labute approximate surface area is 101 Å². The predicted octanol–water partition coefficient (Wildman–Crippen LogP) is 3.89. The summed E-state index contributed by atoms with van der Waals surface area (Å²) >= 11 is 0. The third-order valence-electron chi connectivity index (χ3n) is 2.43. The third kappa shape index (κ3) is 3.06. The summed E-state index contributed by atoms with van der Waals surface area (Å²) in [7, 11) is 0. The van der Waals surface area contributed by atoms with Gasteiger partial charge >= 0.3 is 0 Å². The molecule has 0 aliphatic rings. The molecule has 0 aliphatic carbocycles. The molecule has 0 bridgehead atoms. The number of rotatable bonds is 3. The van der Waals surface area contributed by atoms with Gasteiger partial charge < -0.3 is 0 Å². The summed E-state index contributed by atoms with van der Waals surface area (Å²) < 4.78 is 51.0. The van der Waals surface area contributed by atoms with Gasteiger partial charge in [-0.2, -0.15) is 4.39 Å². The lowest BCUT2D eigenvalue weighted by molar-refractivity contribution is 0.151. The maximum Gasteiger partial charge on any atom is 0.263 e. The molecule has 94 valence electrons. The van der Waals surface area contributed by atoms with Gasteiger partial charge in [-0.25, -0.2) is 18.2 Å². The molecule has 0 saturated heterocycles. The van der Waals surface area contributed by atoms with E-state index in [1.807, 2.05) is 0 Å². The molecular weight excluding hydrogens is 246 g/mol. The Kier molecular flexibility index (Phi) is 3.60. The first-order valence-electron chi connectivity index (χ1n) is 5.22. The quantitative estimate of drug-likeness (QED) is 0.599. The molecule has 0 unspecified atom stereocenters. The number of benzene rings is 1. The van der Waals surface area contributed by atoms with Gasteiger partial charge in [0.15, 0.2) is 0 Å². The van der Waals surface area contributed by atoms with E-state index in [9.17, 15) is 17.6 Å². The van der Waals surface area contributed by atoms with Crippen LogP contribution in [0.1, 0.15) is 23.1 Å². The molecule has 0 atom stereocenters. The second-order valence-corrected chi connectivity index (χ2v) is 3.86. The average Bonchev–Trinajstić information content (AvgIpc) is 2.28. The maximum atomic E-state index is 13.2. The Morgan fingerprint density at radius 3 is 2.44 bits per heavy atom. The van der Waals surface area contributed by atoms with Crippen molar-refractivity contribution in [1.29, 1.82) is 0 Å². The van der Waals surface area contributed by atoms with Crippen molar-refractivity contribution >= 4 is 0 Å². The first-order valence-corrected chi connectivity index (χ1v) is 5.22. The summed E-state index contributed by atoms with van der Waals surface area (Å²) in [6, 6.07) is 5.90. The number of hydrogen-bond acceptors (Lipinski definition) is 1. The standard InChI is InChI=1S/C13H9F4N/c14-11-5-9(4-10(7-11)13(16)17)3-8-1-2-18-12(15)6-8/h1-2,4-7,13H,3H2. The van der Waals surface area contributed by atoms with Crippen LogP contribution < -0.4 is 0 Å². The number of hydrogen-bond donors (Lipinski definition) is 0. The van der Waals surface area contributed by atoms with E-state index < -0.39 is 18.2 Å².